The van der Waals surface area contributed by atoms with E-state index >= 15 is 4.39 Å². The minimum Gasteiger partial charge on any atom is -0.382 e. The van der Waals surface area contributed by atoms with Crippen LogP contribution in [-0.4, -0.2) is 30.4 Å². The van der Waals surface area contributed by atoms with Crippen LogP contribution in [0, 0.1) is 11.6 Å². The number of pyridine rings is 1. The number of anilines is 1. The van der Waals surface area contributed by atoms with Gasteiger partial charge in [0.2, 0.25) is 5.95 Å². The van der Waals surface area contributed by atoms with Crippen molar-refractivity contribution in [3.8, 4) is 11.1 Å². The summed E-state index contributed by atoms with van der Waals surface area (Å²) < 4.78 is 64.6. The Balaban J connectivity index is 1.52. The first-order valence-corrected chi connectivity index (χ1v) is 9.90. The highest BCUT2D eigenvalue weighted by Crippen LogP contribution is 2.34. The third kappa shape index (κ3) is 3.57. The Labute approximate surface area is 187 Å². The topological polar surface area (TPSA) is 112 Å². The van der Waals surface area contributed by atoms with Crippen molar-refractivity contribution < 1.29 is 27.2 Å². The van der Waals surface area contributed by atoms with Crippen LogP contribution in [0.1, 0.15) is 11.7 Å². The molecule has 8 nitrogen and oxygen atoms in total. The predicted octanol–water partition coefficient (Wildman–Crippen LogP) is 3.53. The number of fused-ring (bicyclic) bond motifs is 2. The van der Waals surface area contributed by atoms with Crippen molar-refractivity contribution in [2.24, 2.45) is 0 Å². The molecule has 3 aromatic heterocycles. The molecule has 0 aliphatic carbocycles. The summed E-state index contributed by atoms with van der Waals surface area (Å²) >= 11 is 0. The average Bonchev–Trinajstić information content (AvgIpc) is 3.32. The zero-order valence-corrected chi connectivity index (χ0v) is 17.1. The zero-order chi connectivity index (χ0) is 24.2. The van der Waals surface area contributed by atoms with Crippen molar-refractivity contribution in [1.29, 1.82) is 0 Å². The third-order valence-electron chi connectivity index (χ3n) is 5.36. The van der Waals surface area contributed by atoms with Gasteiger partial charge in [-0.05, 0) is 47.5 Å². The summed E-state index contributed by atoms with van der Waals surface area (Å²) in [6.45, 7) is -1.36. The van der Waals surface area contributed by atoms with Gasteiger partial charge in [-0.15, -0.1) is 5.10 Å². The van der Waals surface area contributed by atoms with Gasteiger partial charge in [0, 0.05) is 11.8 Å². The summed E-state index contributed by atoms with van der Waals surface area (Å²) in [5, 5.41) is 13.5. The molecule has 2 aromatic carbocycles. The molecule has 0 bridgehead atoms. The quantitative estimate of drug-likeness (QED) is 0.378. The Hall–Kier alpha value is -4.19. The summed E-state index contributed by atoms with van der Waals surface area (Å²) in [6, 6.07) is 9.48. The number of aliphatic hydroxyl groups is 1. The van der Waals surface area contributed by atoms with E-state index in [1.807, 2.05) is 0 Å². The van der Waals surface area contributed by atoms with Crippen LogP contribution in [0.25, 0.3) is 27.7 Å². The maximum absolute atomic E-state index is 15.3. The van der Waals surface area contributed by atoms with Gasteiger partial charge >= 0.3 is 0 Å². The summed E-state index contributed by atoms with van der Waals surface area (Å²) in [5.74, 6) is -5.49. The molecule has 174 valence electrons. The number of aromatic nitrogens is 4. The fraction of sp³-hybridized carbons (Fsp3) is 0.136. The number of nitrogens with two attached hydrogens (primary N) is 1. The Morgan fingerprint density at radius 1 is 1.12 bits per heavy atom. The van der Waals surface area contributed by atoms with Gasteiger partial charge in [0.25, 0.3) is 11.5 Å². The van der Waals surface area contributed by atoms with Crippen LogP contribution < -0.4 is 11.3 Å². The molecule has 1 unspecified atom stereocenters. The van der Waals surface area contributed by atoms with Crippen LogP contribution in [-0.2, 0) is 6.54 Å². The molecule has 0 saturated carbocycles. The van der Waals surface area contributed by atoms with Crippen LogP contribution in [0.4, 0.5) is 23.5 Å². The summed E-state index contributed by atoms with van der Waals surface area (Å²) in [7, 11) is 0. The van der Waals surface area contributed by atoms with Crippen molar-refractivity contribution in [2.45, 2.75) is 18.6 Å². The van der Waals surface area contributed by atoms with Crippen LogP contribution in [0.15, 0.2) is 64.0 Å². The number of nitrogens with zero attached hydrogens (tertiary/aromatic N) is 4. The summed E-state index contributed by atoms with van der Waals surface area (Å²) in [6.07, 6.45) is -0.848. The van der Waals surface area contributed by atoms with Crippen LogP contribution in [0.2, 0.25) is 0 Å². The van der Waals surface area contributed by atoms with Gasteiger partial charge in [-0.3, -0.25) is 4.79 Å². The lowest BCUT2D eigenvalue weighted by Crippen LogP contribution is -2.34. The Morgan fingerprint density at radius 3 is 2.59 bits per heavy atom. The highest BCUT2D eigenvalue weighted by atomic mass is 19.3. The van der Waals surface area contributed by atoms with E-state index in [1.54, 1.807) is 0 Å². The standard InChI is InChI=1S/C22H15F4N5O3/c23-13-3-1-11(2-4-13)19(32)22(25,26)10-31-20(33)17-15(34-31)6-5-14(18(17)24)12-7-8-30-16(9-12)28-21(27)29-30/h1-9,19,32H,10H2,(H2,27,29). The SMILES string of the molecule is Nc1nc2cc(-c3ccc4on(CC(F)(F)C(O)c5ccc(F)cc5)c(=O)c4c3F)ccn2n1. The average molecular weight is 473 g/mol. The third-order valence-corrected chi connectivity index (χ3v) is 5.36. The second-order valence-corrected chi connectivity index (χ2v) is 7.64. The number of rotatable bonds is 5. The minimum absolute atomic E-state index is 0.0136. The summed E-state index contributed by atoms with van der Waals surface area (Å²) in [4.78, 5) is 16.7. The molecule has 3 heterocycles. The van der Waals surface area contributed by atoms with Crippen molar-refractivity contribution in [3.63, 3.8) is 0 Å². The lowest BCUT2D eigenvalue weighted by molar-refractivity contribution is -0.131. The number of aliphatic hydroxyl groups excluding tert-OH is 1. The number of hydrogen-bond donors (Lipinski definition) is 2. The molecule has 34 heavy (non-hydrogen) atoms. The fourth-order valence-electron chi connectivity index (χ4n) is 3.68. The predicted molar refractivity (Wildman–Crippen MR) is 113 cm³/mol. The molecule has 0 radical (unpaired) electrons. The molecule has 5 aromatic rings. The largest absolute Gasteiger partial charge is 0.382 e. The van der Waals surface area contributed by atoms with Gasteiger partial charge in [-0.1, -0.05) is 12.1 Å². The Kier molecular flexibility index (Phi) is 4.90. The maximum Gasteiger partial charge on any atom is 0.298 e. The van der Waals surface area contributed by atoms with Gasteiger partial charge in [-0.2, -0.15) is 9.72 Å². The molecule has 0 amide bonds. The first kappa shape index (κ1) is 21.6. The molecule has 0 fully saturated rings. The number of halogens is 4. The van der Waals surface area contributed by atoms with E-state index in [9.17, 15) is 23.1 Å². The fourth-order valence-corrected chi connectivity index (χ4v) is 3.68. The highest BCUT2D eigenvalue weighted by molar-refractivity contribution is 5.84. The second-order valence-electron chi connectivity index (χ2n) is 7.64. The Bertz CT molecular complexity index is 1590. The first-order chi connectivity index (χ1) is 16.1. The lowest BCUT2D eigenvalue weighted by atomic mass is 10.0. The smallest absolute Gasteiger partial charge is 0.298 e. The number of hydrogen-bond acceptors (Lipinski definition) is 6. The maximum atomic E-state index is 15.3. The van der Waals surface area contributed by atoms with E-state index in [2.05, 4.69) is 10.1 Å². The molecular weight excluding hydrogens is 458 g/mol. The van der Waals surface area contributed by atoms with Crippen LogP contribution >= 0.6 is 0 Å². The Morgan fingerprint density at radius 2 is 1.85 bits per heavy atom. The molecule has 0 saturated heterocycles. The number of benzene rings is 2. The van der Waals surface area contributed by atoms with Crippen molar-refractivity contribution in [2.75, 3.05) is 5.73 Å². The number of alkyl halides is 2. The second kappa shape index (κ2) is 7.70. The first-order valence-electron chi connectivity index (χ1n) is 9.90. The molecule has 5 rings (SSSR count). The van der Waals surface area contributed by atoms with E-state index in [-0.39, 0.29) is 27.4 Å². The molecular formula is C22H15F4N5O3. The molecule has 0 spiro atoms. The van der Waals surface area contributed by atoms with E-state index in [0.29, 0.717) is 11.2 Å². The molecule has 3 N–H and O–H groups in total. The zero-order valence-electron chi connectivity index (χ0n) is 17.1. The molecule has 0 aliphatic rings. The lowest BCUT2D eigenvalue weighted by Gasteiger charge is -2.22. The van der Waals surface area contributed by atoms with E-state index in [4.69, 9.17) is 10.3 Å². The molecule has 0 aliphatic heterocycles. The van der Waals surface area contributed by atoms with Gasteiger partial charge in [-0.25, -0.2) is 22.1 Å². The van der Waals surface area contributed by atoms with Gasteiger partial charge < -0.3 is 15.4 Å². The highest BCUT2D eigenvalue weighted by Gasteiger charge is 2.41. The molecule has 1 atom stereocenters. The van der Waals surface area contributed by atoms with Crippen molar-refractivity contribution >= 4 is 22.6 Å². The van der Waals surface area contributed by atoms with Crippen LogP contribution in [0.5, 0.6) is 0 Å². The van der Waals surface area contributed by atoms with Gasteiger partial charge in [0.15, 0.2) is 11.2 Å². The normalized spacial score (nSPS) is 13.1. The monoisotopic (exact) mass is 473 g/mol. The van der Waals surface area contributed by atoms with Crippen molar-refractivity contribution in [3.05, 3.63) is 82.3 Å². The van der Waals surface area contributed by atoms with Crippen LogP contribution in [0.3, 0.4) is 0 Å². The van der Waals surface area contributed by atoms with E-state index < -0.39 is 41.2 Å². The van der Waals surface area contributed by atoms with E-state index in [0.717, 1.165) is 24.3 Å². The van der Waals surface area contributed by atoms with Crippen molar-refractivity contribution in [1.82, 2.24) is 19.3 Å². The number of nitrogen functional groups attached to an aromatic ring is 1. The van der Waals surface area contributed by atoms with E-state index in [1.165, 1.54) is 35.0 Å². The molecule has 12 heteroatoms. The van der Waals surface area contributed by atoms with Gasteiger partial charge in [0.1, 0.15) is 29.7 Å². The summed E-state index contributed by atoms with van der Waals surface area (Å²) in [5.41, 5.74) is 4.63. The minimum atomic E-state index is -3.88. The van der Waals surface area contributed by atoms with Gasteiger partial charge in [0.05, 0.1) is 0 Å².